The van der Waals surface area contributed by atoms with Gasteiger partial charge in [0.25, 0.3) is 0 Å². The van der Waals surface area contributed by atoms with E-state index < -0.39 is 0 Å². The van der Waals surface area contributed by atoms with Gasteiger partial charge in [0.2, 0.25) is 0 Å². The Bertz CT molecular complexity index is 429. The molecule has 0 heterocycles. The standard InChI is InChI=1S/C17H26OS/c1-4-6-13-10-14-7-8-15(18-19)11-16(14)17(3,12-13)9-5-2/h7-8,11,13,19H,4-6,9-10,12H2,1-3H3/t13?,17-/m0/s1. The normalized spacial score (nSPS) is 26.0. The molecule has 0 N–H and O–H groups in total. The molecule has 0 radical (unpaired) electrons. The molecule has 1 aliphatic rings. The van der Waals surface area contributed by atoms with Crippen LogP contribution in [0.1, 0.15) is 64.0 Å². The van der Waals surface area contributed by atoms with E-state index in [1.807, 2.05) is 6.07 Å². The van der Waals surface area contributed by atoms with Gasteiger partial charge < -0.3 is 4.18 Å². The van der Waals surface area contributed by atoms with Gasteiger partial charge in [0.15, 0.2) is 0 Å². The smallest absolute Gasteiger partial charge is 0.137 e. The average Bonchev–Trinajstić information content (AvgIpc) is 2.39. The predicted molar refractivity (Wildman–Crippen MR) is 85.0 cm³/mol. The lowest BCUT2D eigenvalue weighted by atomic mass is 9.64. The van der Waals surface area contributed by atoms with Gasteiger partial charge in [-0.2, -0.15) is 0 Å². The quantitative estimate of drug-likeness (QED) is 0.565. The van der Waals surface area contributed by atoms with Crippen molar-refractivity contribution < 1.29 is 4.18 Å². The summed E-state index contributed by atoms with van der Waals surface area (Å²) in [6.45, 7) is 7.01. The van der Waals surface area contributed by atoms with E-state index in [9.17, 15) is 0 Å². The van der Waals surface area contributed by atoms with Gasteiger partial charge >= 0.3 is 0 Å². The first-order valence-electron chi connectivity index (χ1n) is 7.57. The van der Waals surface area contributed by atoms with Gasteiger partial charge in [-0.05, 0) is 53.9 Å². The molecule has 0 aliphatic heterocycles. The molecule has 0 fully saturated rings. The molecule has 1 unspecified atom stereocenters. The predicted octanol–water partition coefficient (Wildman–Crippen LogP) is 5.33. The Balaban J connectivity index is 2.38. The Morgan fingerprint density at radius 1 is 1.32 bits per heavy atom. The van der Waals surface area contributed by atoms with Crippen molar-refractivity contribution in [1.29, 1.82) is 0 Å². The van der Waals surface area contributed by atoms with Gasteiger partial charge in [0.1, 0.15) is 5.75 Å². The zero-order valence-electron chi connectivity index (χ0n) is 12.4. The number of fused-ring (bicyclic) bond motifs is 1. The summed E-state index contributed by atoms with van der Waals surface area (Å²) in [6, 6.07) is 6.50. The van der Waals surface area contributed by atoms with E-state index in [1.54, 1.807) is 0 Å². The van der Waals surface area contributed by atoms with Crippen molar-refractivity contribution in [1.82, 2.24) is 0 Å². The molecule has 0 saturated heterocycles. The third-order valence-corrected chi connectivity index (χ3v) is 4.79. The van der Waals surface area contributed by atoms with Crippen molar-refractivity contribution in [3.63, 3.8) is 0 Å². The molecule has 0 saturated carbocycles. The second-order valence-electron chi connectivity index (χ2n) is 6.28. The summed E-state index contributed by atoms with van der Waals surface area (Å²) < 4.78 is 5.12. The van der Waals surface area contributed by atoms with Crippen LogP contribution < -0.4 is 4.18 Å². The van der Waals surface area contributed by atoms with E-state index in [0.717, 1.165) is 11.7 Å². The highest BCUT2D eigenvalue weighted by atomic mass is 32.1. The van der Waals surface area contributed by atoms with Crippen LogP contribution in [0.25, 0.3) is 0 Å². The first kappa shape index (κ1) is 14.8. The first-order valence-corrected chi connectivity index (χ1v) is 7.94. The number of rotatable bonds is 5. The van der Waals surface area contributed by atoms with Crippen LogP contribution in [0.2, 0.25) is 0 Å². The van der Waals surface area contributed by atoms with Crippen LogP contribution in [0.3, 0.4) is 0 Å². The van der Waals surface area contributed by atoms with E-state index in [2.05, 4.69) is 45.8 Å². The van der Waals surface area contributed by atoms with Crippen molar-refractivity contribution >= 4 is 12.9 Å². The summed E-state index contributed by atoms with van der Waals surface area (Å²) in [5, 5.41) is 0. The zero-order valence-corrected chi connectivity index (χ0v) is 13.3. The molecule has 1 aromatic carbocycles. The highest BCUT2D eigenvalue weighted by Crippen LogP contribution is 2.45. The summed E-state index contributed by atoms with van der Waals surface area (Å²) in [4.78, 5) is 0. The van der Waals surface area contributed by atoms with Gasteiger partial charge in [-0.3, -0.25) is 0 Å². The fourth-order valence-corrected chi connectivity index (χ4v) is 4.00. The van der Waals surface area contributed by atoms with Crippen molar-refractivity contribution in [2.45, 2.75) is 64.7 Å². The lowest BCUT2D eigenvalue weighted by Gasteiger charge is -2.40. The molecule has 2 heteroatoms. The van der Waals surface area contributed by atoms with Crippen LogP contribution in [-0.2, 0) is 11.8 Å². The molecule has 19 heavy (non-hydrogen) atoms. The monoisotopic (exact) mass is 278 g/mol. The summed E-state index contributed by atoms with van der Waals surface area (Å²) >= 11 is 3.94. The minimum absolute atomic E-state index is 0.310. The maximum atomic E-state index is 5.12. The molecule has 0 spiro atoms. The van der Waals surface area contributed by atoms with Crippen molar-refractivity contribution in [3.8, 4) is 5.75 Å². The van der Waals surface area contributed by atoms with Crippen molar-refractivity contribution in [3.05, 3.63) is 29.3 Å². The molecular weight excluding hydrogens is 252 g/mol. The summed E-state index contributed by atoms with van der Waals surface area (Å²) in [7, 11) is 0. The minimum Gasteiger partial charge on any atom is -0.429 e. The Morgan fingerprint density at radius 2 is 2.11 bits per heavy atom. The minimum atomic E-state index is 0.310. The van der Waals surface area contributed by atoms with Crippen LogP contribution in [0.4, 0.5) is 0 Å². The summed E-state index contributed by atoms with van der Waals surface area (Å²) in [6.07, 6.45) is 7.69. The second kappa shape index (κ2) is 6.21. The van der Waals surface area contributed by atoms with E-state index in [0.29, 0.717) is 5.41 Å². The molecule has 1 aromatic rings. The van der Waals surface area contributed by atoms with Crippen molar-refractivity contribution in [2.24, 2.45) is 5.92 Å². The number of hydrogen-bond donors (Lipinski definition) is 1. The largest absolute Gasteiger partial charge is 0.429 e. The third-order valence-electron chi connectivity index (χ3n) is 4.58. The number of thiol groups is 1. The van der Waals surface area contributed by atoms with Crippen LogP contribution in [0, 0.1) is 5.92 Å². The number of benzene rings is 1. The topological polar surface area (TPSA) is 9.23 Å². The maximum Gasteiger partial charge on any atom is 0.137 e. The highest BCUT2D eigenvalue weighted by Gasteiger charge is 2.35. The third kappa shape index (κ3) is 3.10. The zero-order chi connectivity index (χ0) is 13.9. The van der Waals surface area contributed by atoms with Crippen molar-refractivity contribution in [2.75, 3.05) is 0 Å². The fraction of sp³-hybridized carbons (Fsp3) is 0.647. The Kier molecular flexibility index (Phi) is 4.83. The van der Waals surface area contributed by atoms with E-state index in [-0.39, 0.29) is 0 Å². The fourth-order valence-electron chi connectivity index (χ4n) is 3.88. The average molecular weight is 278 g/mol. The van der Waals surface area contributed by atoms with Crippen LogP contribution >= 0.6 is 12.9 Å². The SMILES string of the molecule is CCCC1Cc2ccc(OS)cc2[C@@](C)(CCC)C1. The van der Waals surface area contributed by atoms with Gasteiger partial charge in [0, 0.05) is 12.9 Å². The molecule has 1 aliphatic carbocycles. The molecular formula is C17H26OS. The van der Waals surface area contributed by atoms with E-state index in [1.165, 1.54) is 49.7 Å². The molecule has 106 valence electrons. The van der Waals surface area contributed by atoms with Crippen LogP contribution in [-0.4, -0.2) is 0 Å². The molecule has 2 atom stereocenters. The lowest BCUT2D eigenvalue weighted by molar-refractivity contribution is 0.275. The van der Waals surface area contributed by atoms with Gasteiger partial charge in [-0.25, -0.2) is 0 Å². The second-order valence-corrected chi connectivity index (χ2v) is 6.47. The van der Waals surface area contributed by atoms with Crippen LogP contribution in [0.15, 0.2) is 18.2 Å². The van der Waals surface area contributed by atoms with E-state index >= 15 is 0 Å². The first-order chi connectivity index (χ1) is 9.12. The summed E-state index contributed by atoms with van der Waals surface area (Å²) in [5.74, 6) is 1.72. The Hall–Kier alpha value is -0.630. The van der Waals surface area contributed by atoms with Gasteiger partial charge in [-0.15, -0.1) is 0 Å². The van der Waals surface area contributed by atoms with Gasteiger partial charge in [0.05, 0.1) is 0 Å². The Labute approximate surface area is 123 Å². The maximum absolute atomic E-state index is 5.12. The molecule has 0 aromatic heterocycles. The number of hydrogen-bond acceptors (Lipinski definition) is 2. The van der Waals surface area contributed by atoms with Gasteiger partial charge in [-0.1, -0.05) is 46.1 Å². The highest BCUT2D eigenvalue weighted by molar-refractivity contribution is 7.75. The van der Waals surface area contributed by atoms with E-state index in [4.69, 9.17) is 4.18 Å². The molecule has 2 rings (SSSR count). The molecule has 0 amide bonds. The Morgan fingerprint density at radius 3 is 2.74 bits per heavy atom. The molecule has 1 nitrogen and oxygen atoms in total. The van der Waals surface area contributed by atoms with Crippen LogP contribution in [0.5, 0.6) is 5.75 Å². The molecule has 0 bridgehead atoms. The lowest BCUT2D eigenvalue weighted by Crippen LogP contribution is -2.32. The summed E-state index contributed by atoms with van der Waals surface area (Å²) in [5.41, 5.74) is 3.33.